The fraction of sp³-hybridized carbons (Fsp3) is 0.115. The van der Waals surface area contributed by atoms with Crippen LogP contribution in [0.1, 0.15) is 21.5 Å². The molecule has 0 spiro atoms. The minimum Gasteiger partial charge on any atom is -0.508 e. The van der Waals surface area contributed by atoms with Gasteiger partial charge in [-0.3, -0.25) is 4.79 Å². The van der Waals surface area contributed by atoms with E-state index in [1.54, 1.807) is 39.7 Å². The van der Waals surface area contributed by atoms with Crippen molar-refractivity contribution in [3.8, 4) is 23.0 Å². The summed E-state index contributed by atoms with van der Waals surface area (Å²) < 4.78 is 16.1. The van der Waals surface area contributed by atoms with Crippen LogP contribution in [-0.2, 0) is 0 Å². The Morgan fingerprint density at radius 1 is 0.844 bits per heavy atom. The highest BCUT2D eigenvalue weighted by molar-refractivity contribution is 6.04. The van der Waals surface area contributed by atoms with E-state index < -0.39 is 0 Å². The van der Waals surface area contributed by atoms with E-state index in [2.05, 4.69) is 5.32 Å². The lowest BCUT2D eigenvalue weighted by Gasteiger charge is -2.12. The molecule has 6 nitrogen and oxygen atoms in total. The summed E-state index contributed by atoms with van der Waals surface area (Å²) in [5.41, 5.74) is 3.22. The summed E-state index contributed by atoms with van der Waals surface area (Å²) in [6.07, 6.45) is 6.97. The quantitative estimate of drug-likeness (QED) is 0.268. The summed E-state index contributed by atoms with van der Waals surface area (Å²) >= 11 is 0. The average Bonchev–Trinajstić information content (AvgIpc) is 2.82. The minimum atomic E-state index is -0.157. The van der Waals surface area contributed by atoms with Gasteiger partial charge in [0.25, 0.3) is 0 Å². The van der Waals surface area contributed by atoms with Crippen LogP contribution in [0, 0.1) is 0 Å². The lowest BCUT2D eigenvalue weighted by Crippen LogP contribution is -1.96. The molecule has 3 rings (SSSR count). The van der Waals surface area contributed by atoms with Gasteiger partial charge in [-0.05, 0) is 59.7 Å². The maximum absolute atomic E-state index is 12.2. The van der Waals surface area contributed by atoms with Crippen LogP contribution >= 0.6 is 0 Å². The Labute approximate surface area is 187 Å². The molecule has 164 valence electrons. The van der Waals surface area contributed by atoms with E-state index in [0.717, 1.165) is 16.8 Å². The SMILES string of the molecule is COc1cc(C=Cc2cccc(NC=CC(=O)c3ccc(O)cc3)c2)cc(OC)c1OC. The summed E-state index contributed by atoms with van der Waals surface area (Å²) in [7, 11) is 4.74. The molecule has 0 amide bonds. The van der Waals surface area contributed by atoms with Crippen molar-refractivity contribution in [3.05, 3.63) is 89.6 Å². The average molecular weight is 431 g/mol. The van der Waals surface area contributed by atoms with E-state index in [-0.39, 0.29) is 11.5 Å². The highest BCUT2D eigenvalue weighted by atomic mass is 16.5. The molecule has 0 aliphatic heterocycles. The van der Waals surface area contributed by atoms with E-state index >= 15 is 0 Å². The fourth-order valence-electron chi connectivity index (χ4n) is 3.06. The predicted molar refractivity (Wildman–Crippen MR) is 127 cm³/mol. The summed E-state index contributed by atoms with van der Waals surface area (Å²) in [6, 6.07) is 17.6. The van der Waals surface area contributed by atoms with Crippen molar-refractivity contribution in [1.82, 2.24) is 0 Å². The summed E-state index contributed by atoms with van der Waals surface area (Å²) in [6.45, 7) is 0. The largest absolute Gasteiger partial charge is 0.508 e. The first kappa shape index (κ1) is 22.5. The van der Waals surface area contributed by atoms with Crippen LogP contribution in [0.2, 0.25) is 0 Å². The molecule has 32 heavy (non-hydrogen) atoms. The van der Waals surface area contributed by atoms with Crippen molar-refractivity contribution in [2.75, 3.05) is 26.6 Å². The molecule has 0 radical (unpaired) electrons. The van der Waals surface area contributed by atoms with Crippen molar-refractivity contribution >= 4 is 23.6 Å². The molecule has 0 atom stereocenters. The highest BCUT2D eigenvalue weighted by Crippen LogP contribution is 2.38. The third kappa shape index (κ3) is 5.70. The molecule has 6 heteroatoms. The molecule has 0 unspecified atom stereocenters. The number of carbonyl (C=O) groups excluding carboxylic acids is 1. The molecule has 3 aromatic rings. The van der Waals surface area contributed by atoms with Gasteiger partial charge < -0.3 is 24.6 Å². The maximum Gasteiger partial charge on any atom is 0.203 e. The number of nitrogens with one attached hydrogen (secondary N) is 1. The molecule has 0 saturated carbocycles. The number of hydrogen-bond donors (Lipinski definition) is 2. The molecule has 0 aliphatic carbocycles. The standard InChI is InChI=1S/C26H25NO5/c1-30-24-16-19(17-25(31-2)26(24)32-3)8-7-18-5-4-6-21(15-18)27-14-13-23(29)20-9-11-22(28)12-10-20/h4-17,27-28H,1-3H3. The number of aromatic hydroxyl groups is 1. The number of rotatable bonds is 9. The molecule has 2 N–H and O–H groups in total. The fourth-order valence-corrected chi connectivity index (χ4v) is 3.06. The second kappa shape index (κ2) is 10.7. The van der Waals surface area contributed by atoms with Gasteiger partial charge >= 0.3 is 0 Å². The Balaban J connectivity index is 1.70. The summed E-state index contributed by atoms with van der Waals surface area (Å²) in [5, 5.41) is 12.4. The van der Waals surface area contributed by atoms with Crippen LogP contribution < -0.4 is 19.5 Å². The highest BCUT2D eigenvalue weighted by Gasteiger charge is 2.12. The number of allylic oxidation sites excluding steroid dienone is 1. The van der Waals surface area contributed by atoms with Gasteiger partial charge in [0.1, 0.15) is 5.75 Å². The van der Waals surface area contributed by atoms with E-state index in [9.17, 15) is 9.90 Å². The van der Waals surface area contributed by atoms with E-state index in [4.69, 9.17) is 14.2 Å². The number of ether oxygens (including phenoxy) is 3. The second-order valence-corrected chi connectivity index (χ2v) is 6.81. The van der Waals surface area contributed by atoms with Crippen molar-refractivity contribution in [2.24, 2.45) is 0 Å². The maximum atomic E-state index is 12.2. The second-order valence-electron chi connectivity index (χ2n) is 6.81. The van der Waals surface area contributed by atoms with Gasteiger partial charge in [-0.2, -0.15) is 0 Å². The zero-order chi connectivity index (χ0) is 22.9. The van der Waals surface area contributed by atoms with Gasteiger partial charge in [0, 0.05) is 23.5 Å². The molecule has 0 aliphatic rings. The van der Waals surface area contributed by atoms with E-state index in [0.29, 0.717) is 22.8 Å². The van der Waals surface area contributed by atoms with Crippen molar-refractivity contribution < 1.29 is 24.1 Å². The van der Waals surface area contributed by atoms with Crippen LogP contribution in [0.15, 0.2) is 72.9 Å². The monoisotopic (exact) mass is 431 g/mol. The third-order valence-corrected chi connectivity index (χ3v) is 4.68. The molecular weight excluding hydrogens is 406 g/mol. The lowest BCUT2D eigenvalue weighted by molar-refractivity contribution is 0.104. The van der Waals surface area contributed by atoms with Crippen LogP contribution in [0.4, 0.5) is 5.69 Å². The third-order valence-electron chi connectivity index (χ3n) is 4.68. The van der Waals surface area contributed by atoms with Gasteiger partial charge in [-0.15, -0.1) is 0 Å². The number of phenols is 1. The zero-order valence-electron chi connectivity index (χ0n) is 18.2. The van der Waals surface area contributed by atoms with E-state index in [1.807, 2.05) is 48.6 Å². The van der Waals surface area contributed by atoms with Crippen molar-refractivity contribution in [2.45, 2.75) is 0 Å². The number of carbonyl (C=O) groups is 1. The van der Waals surface area contributed by atoms with Crippen LogP contribution in [0.25, 0.3) is 12.2 Å². The lowest BCUT2D eigenvalue weighted by atomic mass is 10.1. The Hall–Kier alpha value is -4.19. The molecule has 0 saturated heterocycles. The first-order valence-electron chi connectivity index (χ1n) is 9.88. The van der Waals surface area contributed by atoms with Gasteiger partial charge in [0.15, 0.2) is 17.3 Å². The van der Waals surface area contributed by atoms with Gasteiger partial charge in [-0.25, -0.2) is 0 Å². The number of benzene rings is 3. The Kier molecular flexibility index (Phi) is 7.54. The smallest absolute Gasteiger partial charge is 0.203 e. The Bertz CT molecular complexity index is 1110. The first-order valence-corrected chi connectivity index (χ1v) is 9.88. The number of phenolic OH excluding ortho intramolecular Hbond substituents is 1. The molecule has 0 aromatic heterocycles. The van der Waals surface area contributed by atoms with Crippen molar-refractivity contribution in [1.29, 1.82) is 0 Å². The summed E-state index contributed by atoms with van der Waals surface area (Å²) in [4.78, 5) is 12.2. The Morgan fingerprint density at radius 3 is 2.12 bits per heavy atom. The Morgan fingerprint density at radius 2 is 1.50 bits per heavy atom. The molecular formula is C26H25NO5. The first-order chi connectivity index (χ1) is 15.5. The molecule has 0 bridgehead atoms. The van der Waals surface area contributed by atoms with E-state index in [1.165, 1.54) is 18.2 Å². The zero-order valence-corrected chi connectivity index (χ0v) is 18.2. The van der Waals surface area contributed by atoms with Gasteiger partial charge in [0.2, 0.25) is 5.75 Å². The van der Waals surface area contributed by atoms with Crippen LogP contribution in [0.3, 0.4) is 0 Å². The van der Waals surface area contributed by atoms with Crippen LogP contribution in [-0.4, -0.2) is 32.2 Å². The predicted octanol–water partition coefficient (Wildman–Crippen LogP) is 5.40. The number of anilines is 1. The van der Waals surface area contributed by atoms with Crippen molar-refractivity contribution in [3.63, 3.8) is 0 Å². The molecule has 0 heterocycles. The van der Waals surface area contributed by atoms with Crippen LogP contribution in [0.5, 0.6) is 23.0 Å². The normalized spacial score (nSPS) is 11.0. The number of ketones is 1. The molecule has 3 aromatic carbocycles. The molecule has 0 fully saturated rings. The van der Waals surface area contributed by atoms with Gasteiger partial charge in [-0.1, -0.05) is 24.3 Å². The minimum absolute atomic E-state index is 0.125. The topological polar surface area (TPSA) is 77.0 Å². The number of methoxy groups -OCH3 is 3. The van der Waals surface area contributed by atoms with Gasteiger partial charge in [0.05, 0.1) is 21.3 Å². The summed E-state index contributed by atoms with van der Waals surface area (Å²) in [5.74, 6) is 1.69. The number of hydrogen-bond acceptors (Lipinski definition) is 6.